The zero-order valence-corrected chi connectivity index (χ0v) is 10.2. The largest absolute Gasteiger partial charge is 0.476 e. The summed E-state index contributed by atoms with van der Waals surface area (Å²) in [5.74, 6) is -1.16. The third-order valence-corrected chi connectivity index (χ3v) is 3.36. The first-order valence-electron chi connectivity index (χ1n) is 5.08. The average Bonchev–Trinajstić information content (AvgIpc) is 2.72. The Labute approximate surface area is 106 Å². The molecule has 94 valence electrons. The van der Waals surface area contributed by atoms with Gasteiger partial charge in [-0.05, 0) is 18.6 Å². The minimum atomic E-state index is -2.58. The number of hydrogen-bond acceptors (Lipinski definition) is 3. The normalized spacial score (nSPS) is 10.9. The van der Waals surface area contributed by atoms with Gasteiger partial charge in [-0.3, -0.25) is 0 Å². The maximum absolute atomic E-state index is 12.6. The summed E-state index contributed by atoms with van der Waals surface area (Å²) in [6.07, 6.45) is -2.58. The number of aryl methyl sites for hydroxylation is 1. The van der Waals surface area contributed by atoms with Crippen LogP contribution in [0.4, 0.5) is 8.78 Å². The third kappa shape index (κ3) is 2.38. The van der Waals surface area contributed by atoms with E-state index in [0.29, 0.717) is 15.4 Å². The van der Waals surface area contributed by atoms with Crippen molar-refractivity contribution in [3.63, 3.8) is 0 Å². The molecule has 0 aliphatic rings. The Balaban J connectivity index is 2.54. The van der Waals surface area contributed by atoms with Crippen LogP contribution < -0.4 is 0 Å². The van der Waals surface area contributed by atoms with Crippen LogP contribution in [0, 0.1) is 6.92 Å². The number of rotatable bonds is 3. The molecule has 3 nitrogen and oxygen atoms in total. The summed E-state index contributed by atoms with van der Waals surface area (Å²) in [7, 11) is 0. The molecule has 0 bridgehead atoms. The van der Waals surface area contributed by atoms with Crippen LogP contribution in [0.15, 0.2) is 24.3 Å². The lowest BCUT2D eigenvalue weighted by molar-refractivity contribution is 0.0692. The summed E-state index contributed by atoms with van der Waals surface area (Å²) in [5, 5.41) is 9.60. The molecule has 2 rings (SSSR count). The highest BCUT2D eigenvalue weighted by Crippen LogP contribution is 2.32. The Kier molecular flexibility index (Phi) is 3.38. The fourth-order valence-corrected chi connectivity index (χ4v) is 2.49. The molecule has 0 radical (unpaired) electrons. The summed E-state index contributed by atoms with van der Waals surface area (Å²) >= 11 is 1.18. The molecule has 0 saturated heterocycles. The van der Waals surface area contributed by atoms with E-state index in [4.69, 9.17) is 5.11 Å². The van der Waals surface area contributed by atoms with Crippen molar-refractivity contribution in [1.29, 1.82) is 0 Å². The molecule has 0 unspecified atom stereocenters. The van der Waals surface area contributed by atoms with Gasteiger partial charge in [0.1, 0.15) is 0 Å². The Morgan fingerprint density at radius 3 is 2.78 bits per heavy atom. The zero-order valence-electron chi connectivity index (χ0n) is 9.35. The van der Waals surface area contributed by atoms with Crippen molar-refractivity contribution >= 4 is 17.3 Å². The first-order chi connectivity index (χ1) is 8.49. The van der Waals surface area contributed by atoms with Crippen LogP contribution in [0.1, 0.15) is 27.5 Å². The second kappa shape index (κ2) is 4.81. The van der Waals surface area contributed by atoms with Crippen LogP contribution in [0.5, 0.6) is 0 Å². The first-order valence-corrected chi connectivity index (χ1v) is 5.90. The van der Waals surface area contributed by atoms with E-state index in [0.717, 1.165) is 0 Å². The lowest BCUT2D eigenvalue weighted by Gasteiger charge is -2.03. The van der Waals surface area contributed by atoms with Gasteiger partial charge in [-0.15, -0.1) is 11.3 Å². The smallest absolute Gasteiger partial charge is 0.356 e. The number of hydrogen-bond donors (Lipinski definition) is 1. The van der Waals surface area contributed by atoms with E-state index >= 15 is 0 Å². The third-order valence-electron chi connectivity index (χ3n) is 2.34. The van der Waals surface area contributed by atoms with Gasteiger partial charge in [-0.25, -0.2) is 18.6 Å². The van der Waals surface area contributed by atoms with Crippen molar-refractivity contribution in [3.05, 3.63) is 40.5 Å². The van der Waals surface area contributed by atoms with Crippen LogP contribution in [-0.4, -0.2) is 16.1 Å². The Morgan fingerprint density at radius 1 is 1.44 bits per heavy atom. The van der Waals surface area contributed by atoms with Gasteiger partial charge in [0.15, 0.2) is 5.69 Å². The van der Waals surface area contributed by atoms with Crippen LogP contribution in [0.3, 0.4) is 0 Å². The van der Waals surface area contributed by atoms with Crippen molar-refractivity contribution in [2.75, 3.05) is 0 Å². The van der Waals surface area contributed by atoms with E-state index in [1.165, 1.54) is 29.5 Å². The maximum Gasteiger partial charge on any atom is 0.356 e. The highest BCUT2D eigenvalue weighted by Gasteiger charge is 2.18. The molecule has 1 heterocycles. The molecule has 6 heteroatoms. The molecular weight excluding hydrogens is 260 g/mol. The van der Waals surface area contributed by atoms with Crippen molar-refractivity contribution in [3.8, 4) is 10.4 Å². The number of aromatic nitrogens is 1. The van der Waals surface area contributed by atoms with Gasteiger partial charge in [0, 0.05) is 5.56 Å². The number of halogens is 2. The van der Waals surface area contributed by atoms with Crippen molar-refractivity contribution < 1.29 is 18.7 Å². The van der Waals surface area contributed by atoms with E-state index in [2.05, 4.69) is 4.98 Å². The molecule has 0 atom stereocenters. The standard InChI is InChI=1S/C12H9F2NO2S/c1-6-15-9(12(16)17)10(18-6)7-3-2-4-8(5-7)11(13)14/h2-5,11H,1H3,(H,16,17). The maximum atomic E-state index is 12.6. The molecule has 0 aliphatic heterocycles. The predicted molar refractivity (Wildman–Crippen MR) is 64.2 cm³/mol. The van der Waals surface area contributed by atoms with Gasteiger partial charge < -0.3 is 5.11 Å². The first kappa shape index (κ1) is 12.6. The van der Waals surface area contributed by atoms with Gasteiger partial charge in [0.05, 0.1) is 9.88 Å². The molecule has 2 aromatic rings. The second-order valence-electron chi connectivity index (χ2n) is 3.64. The van der Waals surface area contributed by atoms with Crippen molar-refractivity contribution in [2.45, 2.75) is 13.3 Å². The topological polar surface area (TPSA) is 50.2 Å². The lowest BCUT2D eigenvalue weighted by atomic mass is 10.1. The van der Waals surface area contributed by atoms with E-state index < -0.39 is 12.4 Å². The number of alkyl halides is 2. The molecule has 0 spiro atoms. The Morgan fingerprint density at radius 2 is 2.17 bits per heavy atom. The molecule has 0 fully saturated rings. The van der Waals surface area contributed by atoms with Crippen LogP contribution in [-0.2, 0) is 0 Å². The zero-order chi connectivity index (χ0) is 13.3. The molecule has 1 aromatic heterocycles. The molecule has 0 aliphatic carbocycles. The fourth-order valence-electron chi connectivity index (χ4n) is 1.58. The highest BCUT2D eigenvalue weighted by atomic mass is 32.1. The molecular formula is C12H9F2NO2S. The van der Waals surface area contributed by atoms with Gasteiger partial charge in [0.2, 0.25) is 0 Å². The molecule has 18 heavy (non-hydrogen) atoms. The number of carboxylic acid groups (broad SMARTS) is 1. The SMILES string of the molecule is Cc1nc(C(=O)O)c(-c2cccc(C(F)F)c2)s1. The molecule has 0 amide bonds. The number of carbonyl (C=O) groups is 1. The summed E-state index contributed by atoms with van der Waals surface area (Å²) < 4.78 is 25.2. The molecule has 0 saturated carbocycles. The Bertz CT molecular complexity index is 596. The molecule has 1 aromatic carbocycles. The minimum Gasteiger partial charge on any atom is -0.476 e. The summed E-state index contributed by atoms with van der Waals surface area (Å²) in [4.78, 5) is 15.3. The van der Waals surface area contributed by atoms with E-state index in [1.54, 1.807) is 13.0 Å². The van der Waals surface area contributed by atoms with E-state index in [-0.39, 0.29) is 11.3 Å². The van der Waals surface area contributed by atoms with Gasteiger partial charge in [0.25, 0.3) is 6.43 Å². The quantitative estimate of drug-likeness (QED) is 0.923. The molecule has 1 N–H and O–H groups in total. The summed E-state index contributed by atoms with van der Waals surface area (Å²) in [5.41, 5.74) is 0.231. The number of nitrogens with zero attached hydrogens (tertiary/aromatic N) is 1. The number of thiazole rings is 1. The van der Waals surface area contributed by atoms with Crippen LogP contribution in [0.25, 0.3) is 10.4 Å². The lowest BCUT2D eigenvalue weighted by Crippen LogP contribution is -1.99. The predicted octanol–water partition coefficient (Wildman–Crippen LogP) is 3.75. The fraction of sp³-hybridized carbons (Fsp3) is 0.167. The van der Waals surface area contributed by atoms with Gasteiger partial charge in [-0.2, -0.15) is 0 Å². The van der Waals surface area contributed by atoms with E-state index in [9.17, 15) is 13.6 Å². The Hall–Kier alpha value is -1.82. The minimum absolute atomic E-state index is 0.0936. The van der Waals surface area contributed by atoms with Gasteiger partial charge in [-0.1, -0.05) is 18.2 Å². The monoisotopic (exact) mass is 269 g/mol. The second-order valence-corrected chi connectivity index (χ2v) is 4.85. The average molecular weight is 269 g/mol. The van der Waals surface area contributed by atoms with Crippen molar-refractivity contribution in [1.82, 2.24) is 4.98 Å². The summed E-state index contributed by atoms with van der Waals surface area (Å²) in [6.45, 7) is 1.68. The van der Waals surface area contributed by atoms with Crippen LogP contribution >= 0.6 is 11.3 Å². The number of carboxylic acids is 1. The van der Waals surface area contributed by atoms with Crippen molar-refractivity contribution in [2.24, 2.45) is 0 Å². The highest BCUT2D eigenvalue weighted by molar-refractivity contribution is 7.15. The summed E-state index contributed by atoms with van der Waals surface area (Å²) in [6, 6.07) is 5.69. The van der Waals surface area contributed by atoms with E-state index in [1.807, 2.05) is 0 Å². The van der Waals surface area contributed by atoms with Gasteiger partial charge >= 0.3 is 5.97 Å². The number of aromatic carboxylic acids is 1. The van der Waals surface area contributed by atoms with Crippen LogP contribution in [0.2, 0.25) is 0 Å². The number of benzene rings is 1.